The quantitative estimate of drug-likeness (QED) is 0.737. The molecule has 0 unspecified atom stereocenters. The number of rotatable bonds is 5. The zero-order valence-electron chi connectivity index (χ0n) is 14.0. The number of phenolic OH excluding ortho intramolecular Hbond substituents is 1. The number of pyridine rings is 1. The van der Waals surface area contributed by atoms with E-state index in [0.29, 0.717) is 17.1 Å². The lowest BCUT2D eigenvalue weighted by atomic mass is 10.1. The standard InChI is InChI=1S/C20H17NO5/c1-13-9-15(22)7-8-18(13)21-11-17(20(24)25)19(23)10-14(21)12-26-16-5-3-2-4-6-16/h2-11,22H,12H2,1H3,(H,24,25). The molecular formula is C20H17NO5. The lowest BCUT2D eigenvalue weighted by Gasteiger charge is -2.17. The number of aryl methyl sites for hydroxylation is 1. The zero-order chi connectivity index (χ0) is 18.7. The Labute approximate surface area is 149 Å². The van der Waals surface area contributed by atoms with Crippen LogP contribution in [-0.4, -0.2) is 20.7 Å². The number of aromatic carboxylic acids is 1. The molecule has 0 saturated carbocycles. The van der Waals surface area contributed by atoms with Crippen LogP contribution in [0.3, 0.4) is 0 Å². The molecule has 2 aromatic carbocycles. The second-order valence-electron chi connectivity index (χ2n) is 5.79. The van der Waals surface area contributed by atoms with Gasteiger partial charge >= 0.3 is 5.97 Å². The third kappa shape index (κ3) is 3.59. The van der Waals surface area contributed by atoms with Crippen molar-refractivity contribution >= 4 is 5.97 Å². The molecule has 26 heavy (non-hydrogen) atoms. The van der Waals surface area contributed by atoms with Crippen LogP contribution < -0.4 is 10.2 Å². The van der Waals surface area contributed by atoms with Crippen molar-refractivity contribution in [1.29, 1.82) is 0 Å². The molecule has 0 aliphatic rings. The van der Waals surface area contributed by atoms with Crippen LogP contribution in [0.1, 0.15) is 21.6 Å². The lowest BCUT2D eigenvalue weighted by Crippen LogP contribution is -2.20. The van der Waals surface area contributed by atoms with E-state index in [1.54, 1.807) is 35.8 Å². The number of carbonyl (C=O) groups is 1. The molecule has 3 rings (SSSR count). The van der Waals surface area contributed by atoms with Gasteiger partial charge < -0.3 is 19.5 Å². The molecule has 3 aromatic rings. The largest absolute Gasteiger partial charge is 0.508 e. The van der Waals surface area contributed by atoms with E-state index in [2.05, 4.69) is 0 Å². The van der Waals surface area contributed by atoms with Gasteiger partial charge in [-0.25, -0.2) is 4.79 Å². The van der Waals surface area contributed by atoms with Crippen molar-refractivity contribution in [3.63, 3.8) is 0 Å². The Morgan fingerprint density at radius 1 is 1.12 bits per heavy atom. The Hall–Kier alpha value is -3.54. The Morgan fingerprint density at radius 3 is 2.50 bits per heavy atom. The van der Waals surface area contributed by atoms with E-state index in [1.165, 1.54) is 18.3 Å². The summed E-state index contributed by atoms with van der Waals surface area (Å²) in [4.78, 5) is 23.5. The summed E-state index contributed by atoms with van der Waals surface area (Å²) in [5, 5.41) is 18.9. The molecule has 0 radical (unpaired) electrons. The molecule has 0 aliphatic heterocycles. The van der Waals surface area contributed by atoms with E-state index in [4.69, 9.17) is 4.74 Å². The Bertz CT molecular complexity index is 1010. The SMILES string of the molecule is Cc1cc(O)ccc1-n1cc(C(=O)O)c(=O)cc1COc1ccccc1. The van der Waals surface area contributed by atoms with Crippen LogP contribution in [-0.2, 0) is 6.61 Å². The van der Waals surface area contributed by atoms with Crippen LogP contribution in [0.15, 0.2) is 65.6 Å². The van der Waals surface area contributed by atoms with Crippen LogP contribution >= 0.6 is 0 Å². The second kappa shape index (κ2) is 7.14. The second-order valence-corrected chi connectivity index (χ2v) is 5.79. The van der Waals surface area contributed by atoms with Crippen LogP contribution in [0.25, 0.3) is 5.69 Å². The van der Waals surface area contributed by atoms with Gasteiger partial charge in [0.2, 0.25) is 0 Å². The molecule has 0 spiro atoms. The maximum absolute atomic E-state index is 12.1. The van der Waals surface area contributed by atoms with Gasteiger partial charge in [-0.15, -0.1) is 0 Å². The number of carboxylic acid groups (broad SMARTS) is 1. The van der Waals surface area contributed by atoms with Crippen molar-refractivity contribution in [2.24, 2.45) is 0 Å². The van der Waals surface area contributed by atoms with Crippen molar-refractivity contribution in [2.75, 3.05) is 0 Å². The van der Waals surface area contributed by atoms with Gasteiger partial charge in [0.15, 0.2) is 5.43 Å². The highest BCUT2D eigenvalue weighted by atomic mass is 16.5. The third-order valence-corrected chi connectivity index (χ3v) is 3.93. The Morgan fingerprint density at radius 2 is 1.85 bits per heavy atom. The fourth-order valence-corrected chi connectivity index (χ4v) is 2.65. The van der Waals surface area contributed by atoms with Crippen molar-refractivity contribution in [3.05, 3.63) is 87.8 Å². The van der Waals surface area contributed by atoms with Gasteiger partial charge in [0.05, 0.1) is 5.69 Å². The number of ether oxygens (including phenoxy) is 1. The highest BCUT2D eigenvalue weighted by Gasteiger charge is 2.15. The smallest absolute Gasteiger partial charge is 0.341 e. The predicted molar refractivity (Wildman–Crippen MR) is 96.2 cm³/mol. The van der Waals surface area contributed by atoms with Crippen molar-refractivity contribution < 1.29 is 19.7 Å². The Balaban J connectivity index is 2.08. The average molecular weight is 351 g/mol. The van der Waals surface area contributed by atoms with Gasteiger partial charge in [-0.05, 0) is 42.8 Å². The molecular weight excluding hydrogens is 334 g/mol. The normalized spacial score (nSPS) is 10.5. The van der Waals surface area contributed by atoms with Crippen LogP contribution in [0.2, 0.25) is 0 Å². The van der Waals surface area contributed by atoms with Gasteiger partial charge in [-0.2, -0.15) is 0 Å². The molecule has 0 aliphatic carbocycles. The lowest BCUT2D eigenvalue weighted by molar-refractivity contribution is 0.0694. The number of phenols is 1. The van der Waals surface area contributed by atoms with Gasteiger partial charge in [0.25, 0.3) is 0 Å². The number of para-hydroxylation sites is 1. The summed E-state index contributed by atoms with van der Waals surface area (Å²) in [6.45, 7) is 1.87. The minimum atomic E-state index is -1.30. The van der Waals surface area contributed by atoms with Crippen molar-refractivity contribution in [3.8, 4) is 17.2 Å². The van der Waals surface area contributed by atoms with E-state index in [1.807, 2.05) is 18.2 Å². The topological polar surface area (TPSA) is 88.8 Å². The minimum absolute atomic E-state index is 0.0828. The fraction of sp³-hybridized carbons (Fsp3) is 0.100. The van der Waals surface area contributed by atoms with Crippen LogP contribution in [0, 0.1) is 6.92 Å². The molecule has 2 N–H and O–H groups in total. The molecule has 0 amide bonds. The van der Waals surface area contributed by atoms with Crippen LogP contribution in [0.4, 0.5) is 0 Å². The summed E-state index contributed by atoms with van der Waals surface area (Å²) >= 11 is 0. The summed E-state index contributed by atoms with van der Waals surface area (Å²) in [5.74, 6) is -0.556. The first kappa shape index (κ1) is 17.3. The summed E-state index contributed by atoms with van der Waals surface area (Å²) in [7, 11) is 0. The number of benzene rings is 2. The van der Waals surface area contributed by atoms with Crippen molar-refractivity contribution in [1.82, 2.24) is 4.57 Å². The molecule has 6 heteroatoms. The number of hydrogen-bond donors (Lipinski definition) is 2. The minimum Gasteiger partial charge on any atom is -0.508 e. The average Bonchev–Trinajstić information content (AvgIpc) is 2.61. The fourth-order valence-electron chi connectivity index (χ4n) is 2.65. The maximum atomic E-state index is 12.1. The molecule has 6 nitrogen and oxygen atoms in total. The van der Waals surface area contributed by atoms with E-state index in [0.717, 1.165) is 5.56 Å². The molecule has 0 saturated heterocycles. The summed E-state index contributed by atoms with van der Waals surface area (Å²) < 4.78 is 7.32. The number of carboxylic acids is 1. The molecule has 1 heterocycles. The van der Waals surface area contributed by atoms with Gasteiger partial charge in [0.1, 0.15) is 23.7 Å². The zero-order valence-corrected chi connectivity index (χ0v) is 14.0. The first-order valence-corrected chi connectivity index (χ1v) is 7.92. The molecule has 0 fully saturated rings. The third-order valence-electron chi connectivity index (χ3n) is 3.93. The number of aromatic nitrogens is 1. The van der Waals surface area contributed by atoms with Gasteiger partial charge in [0, 0.05) is 18.0 Å². The molecule has 132 valence electrons. The first-order valence-electron chi connectivity index (χ1n) is 7.92. The molecule has 1 aromatic heterocycles. The van der Waals surface area contributed by atoms with Crippen LogP contribution in [0.5, 0.6) is 11.5 Å². The summed E-state index contributed by atoms with van der Waals surface area (Å²) in [6.07, 6.45) is 1.29. The number of aromatic hydroxyl groups is 1. The number of hydrogen-bond acceptors (Lipinski definition) is 4. The van der Waals surface area contributed by atoms with E-state index in [-0.39, 0.29) is 17.9 Å². The van der Waals surface area contributed by atoms with E-state index >= 15 is 0 Å². The molecule has 0 bridgehead atoms. The highest BCUT2D eigenvalue weighted by molar-refractivity contribution is 5.87. The highest BCUT2D eigenvalue weighted by Crippen LogP contribution is 2.22. The van der Waals surface area contributed by atoms with Gasteiger partial charge in [-0.1, -0.05) is 18.2 Å². The van der Waals surface area contributed by atoms with Gasteiger partial charge in [-0.3, -0.25) is 4.79 Å². The predicted octanol–water partition coefficient (Wildman–Crippen LogP) is 3.13. The van der Waals surface area contributed by atoms with Crippen molar-refractivity contribution in [2.45, 2.75) is 13.5 Å². The monoisotopic (exact) mass is 351 g/mol. The first-order chi connectivity index (χ1) is 12.5. The van der Waals surface area contributed by atoms with E-state index < -0.39 is 11.4 Å². The number of nitrogens with zero attached hydrogens (tertiary/aromatic N) is 1. The molecule has 0 atom stereocenters. The summed E-state index contributed by atoms with van der Waals surface area (Å²) in [5.41, 5.74) is 0.957. The Kier molecular flexibility index (Phi) is 4.75. The van der Waals surface area contributed by atoms with E-state index in [9.17, 15) is 19.8 Å². The summed E-state index contributed by atoms with van der Waals surface area (Å²) in [6, 6.07) is 15.1. The maximum Gasteiger partial charge on any atom is 0.341 e.